The van der Waals surface area contributed by atoms with Crippen molar-refractivity contribution in [2.75, 3.05) is 26.8 Å². The minimum Gasteiger partial charge on any atom is -0.469 e. The lowest BCUT2D eigenvalue weighted by atomic mass is 9.91. The molecule has 9 nitrogen and oxygen atoms in total. The molecule has 1 aliphatic rings. The second kappa shape index (κ2) is 9.40. The Morgan fingerprint density at radius 1 is 1.19 bits per heavy atom. The fraction of sp³-hybridized carbons (Fsp3) is 0.765. The van der Waals surface area contributed by atoms with Crippen LogP contribution in [0.15, 0.2) is 0 Å². The summed E-state index contributed by atoms with van der Waals surface area (Å²) in [6, 6.07) is -0.674. The van der Waals surface area contributed by atoms with Gasteiger partial charge in [0.25, 0.3) is 0 Å². The lowest BCUT2D eigenvalue weighted by Gasteiger charge is -2.38. The molecule has 9 heteroatoms. The quantitative estimate of drug-likeness (QED) is 0.433. The molecule has 0 aliphatic carbocycles. The lowest BCUT2D eigenvalue weighted by molar-refractivity contribution is -0.151. The van der Waals surface area contributed by atoms with Gasteiger partial charge in [0, 0.05) is 13.1 Å². The van der Waals surface area contributed by atoms with E-state index in [0.717, 1.165) is 0 Å². The van der Waals surface area contributed by atoms with E-state index in [1.165, 1.54) is 12.0 Å². The van der Waals surface area contributed by atoms with Gasteiger partial charge in [-0.3, -0.25) is 14.4 Å². The standard InChI is InChI=1S/C17H28N2O7/c1-6-25-15(22)11-7-8-19(16(23)26-17(2,3)4)10-12(11)18-13(20)9-14(21)24-5/h11-12H,6-10H2,1-5H3,(H,18,20). The number of hydrogen-bond acceptors (Lipinski definition) is 7. The molecule has 1 fully saturated rings. The highest BCUT2D eigenvalue weighted by atomic mass is 16.6. The Kier molecular flexibility index (Phi) is 7.85. The Hall–Kier alpha value is -2.32. The normalized spacial score (nSPS) is 20.1. The second-order valence-corrected chi connectivity index (χ2v) is 7.00. The minimum atomic E-state index is -0.685. The number of carbonyl (C=O) groups is 4. The number of ether oxygens (including phenoxy) is 3. The molecule has 148 valence electrons. The van der Waals surface area contributed by atoms with E-state index < -0.39 is 47.9 Å². The Labute approximate surface area is 153 Å². The molecule has 1 aliphatic heterocycles. The van der Waals surface area contributed by atoms with Crippen LogP contribution < -0.4 is 5.32 Å². The average Bonchev–Trinajstić information content (AvgIpc) is 2.53. The van der Waals surface area contributed by atoms with Crippen molar-refractivity contribution in [3.05, 3.63) is 0 Å². The third-order valence-corrected chi connectivity index (χ3v) is 3.73. The predicted molar refractivity (Wildman–Crippen MR) is 91.1 cm³/mol. The largest absolute Gasteiger partial charge is 0.469 e. The summed E-state index contributed by atoms with van der Waals surface area (Å²) in [7, 11) is 1.18. The molecule has 0 aromatic rings. The van der Waals surface area contributed by atoms with E-state index in [1.54, 1.807) is 27.7 Å². The summed E-state index contributed by atoms with van der Waals surface area (Å²) in [5, 5.41) is 2.63. The van der Waals surface area contributed by atoms with Crippen molar-refractivity contribution in [3.63, 3.8) is 0 Å². The van der Waals surface area contributed by atoms with Gasteiger partial charge in [-0.25, -0.2) is 4.79 Å². The molecule has 0 spiro atoms. The third kappa shape index (κ3) is 6.89. The highest BCUT2D eigenvalue weighted by Crippen LogP contribution is 2.22. The van der Waals surface area contributed by atoms with Gasteiger partial charge in [0.05, 0.1) is 25.7 Å². The van der Waals surface area contributed by atoms with Gasteiger partial charge in [0.2, 0.25) is 5.91 Å². The number of methoxy groups -OCH3 is 1. The van der Waals surface area contributed by atoms with Crippen molar-refractivity contribution in [2.24, 2.45) is 5.92 Å². The topological polar surface area (TPSA) is 111 Å². The molecule has 1 heterocycles. The summed E-state index contributed by atoms with van der Waals surface area (Å²) >= 11 is 0. The lowest BCUT2D eigenvalue weighted by Crippen LogP contribution is -2.57. The van der Waals surface area contributed by atoms with Gasteiger partial charge in [0.15, 0.2) is 0 Å². The summed E-state index contributed by atoms with van der Waals surface area (Å²) in [6.07, 6.45) is -0.664. The summed E-state index contributed by atoms with van der Waals surface area (Å²) in [4.78, 5) is 49.1. The Morgan fingerprint density at radius 2 is 1.85 bits per heavy atom. The van der Waals surface area contributed by atoms with E-state index in [1.807, 2.05) is 0 Å². The smallest absolute Gasteiger partial charge is 0.410 e. The van der Waals surface area contributed by atoms with Crippen molar-refractivity contribution >= 4 is 23.9 Å². The maximum absolute atomic E-state index is 12.3. The number of hydrogen-bond donors (Lipinski definition) is 1. The molecule has 26 heavy (non-hydrogen) atoms. The van der Waals surface area contributed by atoms with Gasteiger partial charge in [0.1, 0.15) is 12.0 Å². The summed E-state index contributed by atoms with van der Waals surface area (Å²) < 4.78 is 14.9. The molecule has 2 unspecified atom stereocenters. The fourth-order valence-corrected chi connectivity index (χ4v) is 2.58. The van der Waals surface area contributed by atoms with Crippen LogP contribution in [0.3, 0.4) is 0 Å². The number of carbonyl (C=O) groups excluding carboxylic acids is 4. The predicted octanol–water partition coefficient (Wildman–Crippen LogP) is 0.854. The minimum absolute atomic E-state index is 0.0886. The number of piperidine rings is 1. The summed E-state index contributed by atoms with van der Waals surface area (Å²) in [6.45, 7) is 7.57. The summed E-state index contributed by atoms with van der Waals surface area (Å²) in [5.41, 5.74) is -0.654. The number of nitrogens with zero attached hydrogens (tertiary/aromatic N) is 1. The first kappa shape index (κ1) is 21.7. The van der Waals surface area contributed by atoms with E-state index in [0.29, 0.717) is 13.0 Å². The van der Waals surface area contributed by atoms with Gasteiger partial charge < -0.3 is 24.4 Å². The van der Waals surface area contributed by atoms with Crippen LogP contribution in [0.2, 0.25) is 0 Å². The second-order valence-electron chi connectivity index (χ2n) is 7.00. The fourth-order valence-electron chi connectivity index (χ4n) is 2.58. The van der Waals surface area contributed by atoms with E-state index in [2.05, 4.69) is 10.1 Å². The first-order valence-electron chi connectivity index (χ1n) is 8.58. The number of rotatable bonds is 5. The van der Waals surface area contributed by atoms with Crippen LogP contribution in [-0.2, 0) is 28.6 Å². The zero-order chi connectivity index (χ0) is 19.9. The van der Waals surface area contributed by atoms with Crippen LogP contribution in [0.25, 0.3) is 0 Å². The summed E-state index contributed by atoms with van der Waals surface area (Å²) in [5.74, 6) is -2.31. The van der Waals surface area contributed by atoms with Crippen molar-refractivity contribution in [1.82, 2.24) is 10.2 Å². The van der Waals surface area contributed by atoms with E-state index in [-0.39, 0.29) is 13.2 Å². The third-order valence-electron chi connectivity index (χ3n) is 3.73. The molecule has 1 saturated heterocycles. The number of esters is 2. The first-order valence-corrected chi connectivity index (χ1v) is 8.58. The van der Waals surface area contributed by atoms with Crippen molar-refractivity contribution < 1.29 is 33.4 Å². The Balaban J connectivity index is 2.83. The molecular formula is C17H28N2O7. The number of likely N-dealkylation sites (tertiary alicyclic amines) is 1. The van der Waals surface area contributed by atoms with Gasteiger partial charge in [-0.2, -0.15) is 0 Å². The Bertz CT molecular complexity index is 542. The van der Waals surface area contributed by atoms with E-state index in [9.17, 15) is 19.2 Å². The van der Waals surface area contributed by atoms with Crippen LogP contribution in [-0.4, -0.2) is 67.3 Å². The first-order chi connectivity index (χ1) is 12.1. The van der Waals surface area contributed by atoms with E-state index >= 15 is 0 Å². The van der Waals surface area contributed by atoms with Crippen molar-refractivity contribution in [3.8, 4) is 0 Å². The molecule has 2 atom stereocenters. The van der Waals surface area contributed by atoms with Crippen LogP contribution in [0.5, 0.6) is 0 Å². The number of nitrogens with one attached hydrogen (secondary N) is 1. The van der Waals surface area contributed by atoms with Gasteiger partial charge >= 0.3 is 18.0 Å². The van der Waals surface area contributed by atoms with E-state index in [4.69, 9.17) is 9.47 Å². The van der Waals surface area contributed by atoms with Gasteiger partial charge in [-0.05, 0) is 34.1 Å². The maximum Gasteiger partial charge on any atom is 0.410 e. The molecule has 0 bridgehead atoms. The molecule has 2 amide bonds. The molecule has 1 N–H and O–H groups in total. The highest BCUT2D eigenvalue weighted by Gasteiger charge is 2.39. The van der Waals surface area contributed by atoms with Crippen LogP contribution in [0.4, 0.5) is 4.79 Å². The monoisotopic (exact) mass is 372 g/mol. The maximum atomic E-state index is 12.3. The molecule has 0 saturated carbocycles. The van der Waals surface area contributed by atoms with Crippen LogP contribution in [0.1, 0.15) is 40.5 Å². The zero-order valence-corrected chi connectivity index (χ0v) is 16.0. The van der Waals surface area contributed by atoms with Crippen LogP contribution >= 0.6 is 0 Å². The molecule has 1 rings (SSSR count). The van der Waals surface area contributed by atoms with Crippen LogP contribution in [0, 0.1) is 5.92 Å². The zero-order valence-electron chi connectivity index (χ0n) is 16.0. The Morgan fingerprint density at radius 3 is 2.38 bits per heavy atom. The average molecular weight is 372 g/mol. The SMILES string of the molecule is CCOC(=O)C1CCN(C(=O)OC(C)(C)C)CC1NC(=O)CC(=O)OC. The molecular weight excluding hydrogens is 344 g/mol. The molecule has 0 radical (unpaired) electrons. The van der Waals surface area contributed by atoms with Gasteiger partial charge in [-0.1, -0.05) is 0 Å². The van der Waals surface area contributed by atoms with Gasteiger partial charge in [-0.15, -0.1) is 0 Å². The molecule has 0 aromatic heterocycles. The highest BCUT2D eigenvalue weighted by molar-refractivity contribution is 5.94. The molecule has 0 aromatic carbocycles. The van der Waals surface area contributed by atoms with Crippen molar-refractivity contribution in [2.45, 2.75) is 52.2 Å². The number of amides is 2. The van der Waals surface area contributed by atoms with Crippen molar-refractivity contribution in [1.29, 1.82) is 0 Å².